The highest BCUT2D eigenvalue weighted by molar-refractivity contribution is 6.12. The molecule has 26 heavy (non-hydrogen) atoms. The summed E-state index contributed by atoms with van der Waals surface area (Å²) >= 11 is 0. The van der Waals surface area contributed by atoms with Gasteiger partial charge in [0.15, 0.2) is 5.70 Å². The van der Waals surface area contributed by atoms with E-state index < -0.39 is 5.97 Å². The van der Waals surface area contributed by atoms with E-state index in [9.17, 15) is 4.79 Å². The number of furan rings is 1. The molecule has 1 aliphatic rings. The van der Waals surface area contributed by atoms with E-state index in [-0.39, 0.29) is 16.5 Å². The van der Waals surface area contributed by atoms with Crippen molar-refractivity contribution in [2.24, 2.45) is 4.99 Å². The van der Waals surface area contributed by atoms with Crippen molar-refractivity contribution in [3.05, 3.63) is 64.7 Å². The number of esters is 1. The molecule has 2 aromatic rings. The molecule has 0 atom stereocenters. The lowest BCUT2D eigenvalue weighted by Crippen LogP contribution is -2.18. The van der Waals surface area contributed by atoms with Gasteiger partial charge in [-0.15, -0.1) is 0 Å². The molecule has 1 aliphatic heterocycles. The summed E-state index contributed by atoms with van der Waals surface area (Å²) in [5.41, 5.74) is 3.38. The molecule has 0 saturated carbocycles. The van der Waals surface area contributed by atoms with Gasteiger partial charge in [-0.2, -0.15) is 0 Å². The van der Waals surface area contributed by atoms with Crippen molar-refractivity contribution in [3.63, 3.8) is 0 Å². The summed E-state index contributed by atoms with van der Waals surface area (Å²) < 4.78 is 10.7. The van der Waals surface area contributed by atoms with Gasteiger partial charge < -0.3 is 9.15 Å². The largest absolute Gasteiger partial charge is 0.465 e. The Hall–Kier alpha value is -2.62. The first-order valence-electron chi connectivity index (χ1n) is 8.76. The SMILES string of the molecule is CC(C)(C)c1cc(C2=NC(=Cc3ccco3)C(=O)O2)cc(C(C)(C)C)c1. The molecule has 4 heteroatoms. The number of rotatable bonds is 2. The first-order valence-corrected chi connectivity index (χ1v) is 8.76. The summed E-state index contributed by atoms with van der Waals surface area (Å²) in [6, 6.07) is 9.86. The summed E-state index contributed by atoms with van der Waals surface area (Å²) in [5, 5.41) is 0. The smallest absolute Gasteiger partial charge is 0.363 e. The number of hydrogen-bond donors (Lipinski definition) is 0. The zero-order valence-corrected chi connectivity index (χ0v) is 16.2. The van der Waals surface area contributed by atoms with Gasteiger partial charge in [-0.25, -0.2) is 9.79 Å². The summed E-state index contributed by atoms with van der Waals surface area (Å²) in [7, 11) is 0. The van der Waals surface area contributed by atoms with E-state index in [0.717, 1.165) is 5.56 Å². The maximum Gasteiger partial charge on any atom is 0.363 e. The molecule has 3 rings (SSSR count). The Morgan fingerprint density at radius 2 is 1.58 bits per heavy atom. The van der Waals surface area contributed by atoms with Crippen molar-refractivity contribution in [1.82, 2.24) is 0 Å². The quantitative estimate of drug-likeness (QED) is 0.550. The first-order chi connectivity index (χ1) is 12.0. The molecule has 1 aromatic carbocycles. The van der Waals surface area contributed by atoms with Crippen molar-refractivity contribution in [1.29, 1.82) is 0 Å². The average Bonchev–Trinajstić information content (AvgIpc) is 3.16. The van der Waals surface area contributed by atoms with Crippen LogP contribution in [0, 0.1) is 0 Å². The molecule has 0 spiro atoms. The van der Waals surface area contributed by atoms with Gasteiger partial charge in [0.2, 0.25) is 5.90 Å². The minimum atomic E-state index is -0.463. The Morgan fingerprint density at radius 3 is 2.08 bits per heavy atom. The van der Waals surface area contributed by atoms with E-state index in [1.807, 2.05) is 0 Å². The molecule has 0 N–H and O–H groups in total. The third-order valence-electron chi connectivity index (χ3n) is 4.35. The van der Waals surface area contributed by atoms with Gasteiger partial charge in [-0.3, -0.25) is 0 Å². The van der Waals surface area contributed by atoms with Crippen molar-refractivity contribution < 1.29 is 13.9 Å². The normalized spacial score (nSPS) is 16.8. The molecule has 0 unspecified atom stereocenters. The maximum absolute atomic E-state index is 12.2. The molecule has 4 nitrogen and oxygen atoms in total. The molecule has 2 heterocycles. The molecule has 0 aliphatic carbocycles. The van der Waals surface area contributed by atoms with Gasteiger partial charge in [0, 0.05) is 11.6 Å². The van der Waals surface area contributed by atoms with E-state index >= 15 is 0 Å². The minimum Gasteiger partial charge on any atom is -0.465 e. The second-order valence-electron chi connectivity index (χ2n) is 8.65. The van der Waals surface area contributed by atoms with E-state index in [1.165, 1.54) is 11.1 Å². The molecular formula is C22H25NO3. The lowest BCUT2D eigenvalue weighted by atomic mass is 9.79. The Kier molecular flexibility index (Phi) is 4.39. The standard InChI is InChI=1S/C22H25NO3/c1-21(2,3)15-10-14(11-16(12-15)22(4,5)6)19-23-18(20(24)26-19)13-17-8-7-9-25-17/h7-13H,1-6H3. The summed E-state index contributed by atoms with van der Waals surface area (Å²) in [4.78, 5) is 16.6. The summed E-state index contributed by atoms with van der Waals surface area (Å²) in [6.45, 7) is 13.0. The monoisotopic (exact) mass is 351 g/mol. The molecule has 0 bridgehead atoms. The predicted octanol–water partition coefficient (Wildman–Crippen LogP) is 5.22. The van der Waals surface area contributed by atoms with Crippen LogP contribution in [0.5, 0.6) is 0 Å². The lowest BCUT2D eigenvalue weighted by molar-refractivity contribution is -0.129. The second kappa shape index (κ2) is 6.27. The van der Waals surface area contributed by atoms with Crippen molar-refractivity contribution in [2.45, 2.75) is 52.4 Å². The van der Waals surface area contributed by atoms with Crippen LogP contribution in [0.15, 0.2) is 51.7 Å². The van der Waals surface area contributed by atoms with Crippen LogP contribution >= 0.6 is 0 Å². The van der Waals surface area contributed by atoms with Gasteiger partial charge in [0.25, 0.3) is 0 Å². The third-order valence-corrected chi connectivity index (χ3v) is 4.35. The highest BCUT2D eigenvalue weighted by Gasteiger charge is 2.27. The van der Waals surface area contributed by atoms with E-state index in [0.29, 0.717) is 11.7 Å². The summed E-state index contributed by atoms with van der Waals surface area (Å²) in [5.74, 6) is 0.444. The second-order valence-corrected chi connectivity index (χ2v) is 8.65. The van der Waals surface area contributed by atoms with Gasteiger partial charge in [-0.05, 0) is 46.2 Å². The Labute approximate surface area is 154 Å². The topological polar surface area (TPSA) is 51.8 Å². The fourth-order valence-electron chi connectivity index (χ4n) is 2.66. The maximum atomic E-state index is 12.2. The van der Waals surface area contributed by atoms with Crippen LogP contribution < -0.4 is 0 Å². The highest BCUT2D eigenvalue weighted by atomic mass is 16.6. The van der Waals surface area contributed by atoms with Crippen LogP contribution in [0.2, 0.25) is 0 Å². The van der Waals surface area contributed by atoms with Gasteiger partial charge in [0.1, 0.15) is 5.76 Å². The Bertz CT molecular complexity index is 856. The fourth-order valence-corrected chi connectivity index (χ4v) is 2.66. The molecule has 0 radical (unpaired) electrons. The van der Waals surface area contributed by atoms with Crippen LogP contribution in [-0.4, -0.2) is 11.9 Å². The molecule has 0 amide bonds. The van der Waals surface area contributed by atoms with Crippen molar-refractivity contribution >= 4 is 17.9 Å². The van der Waals surface area contributed by atoms with Crippen molar-refractivity contribution in [3.8, 4) is 0 Å². The zero-order chi connectivity index (χ0) is 19.1. The van der Waals surface area contributed by atoms with Crippen LogP contribution in [0.1, 0.15) is 64.0 Å². The van der Waals surface area contributed by atoms with E-state index in [2.05, 4.69) is 64.7 Å². The number of carbonyl (C=O) groups excluding carboxylic acids is 1. The number of nitrogens with zero attached hydrogens (tertiary/aromatic N) is 1. The van der Waals surface area contributed by atoms with Crippen LogP contribution in [-0.2, 0) is 20.4 Å². The fraction of sp³-hybridized carbons (Fsp3) is 0.364. The van der Waals surface area contributed by atoms with Crippen LogP contribution in [0.4, 0.5) is 0 Å². The van der Waals surface area contributed by atoms with Crippen LogP contribution in [0.3, 0.4) is 0 Å². The first kappa shape index (κ1) is 18.2. The summed E-state index contributed by atoms with van der Waals surface area (Å²) in [6.07, 6.45) is 3.15. The van der Waals surface area contributed by atoms with Crippen LogP contribution in [0.25, 0.3) is 6.08 Å². The molecule has 0 fully saturated rings. The van der Waals surface area contributed by atoms with E-state index in [1.54, 1.807) is 24.5 Å². The highest BCUT2D eigenvalue weighted by Crippen LogP contribution is 2.31. The molecule has 1 aromatic heterocycles. The molecular weight excluding hydrogens is 326 g/mol. The predicted molar refractivity (Wildman–Crippen MR) is 103 cm³/mol. The number of cyclic esters (lactones) is 1. The zero-order valence-electron chi connectivity index (χ0n) is 16.2. The Morgan fingerprint density at radius 1 is 0.962 bits per heavy atom. The number of hydrogen-bond acceptors (Lipinski definition) is 4. The Balaban J connectivity index is 2.07. The minimum absolute atomic E-state index is 0.0218. The van der Waals surface area contributed by atoms with Gasteiger partial charge in [0.05, 0.1) is 6.26 Å². The number of aliphatic imine (C=N–C) groups is 1. The van der Waals surface area contributed by atoms with Gasteiger partial charge >= 0.3 is 5.97 Å². The number of benzene rings is 1. The number of carbonyl (C=O) groups is 1. The lowest BCUT2D eigenvalue weighted by Gasteiger charge is -2.26. The number of ether oxygens (including phenoxy) is 1. The van der Waals surface area contributed by atoms with E-state index in [4.69, 9.17) is 9.15 Å². The molecule has 136 valence electrons. The third kappa shape index (κ3) is 3.79. The van der Waals surface area contributed by atoms with Gasteiger partial charge in [-0.1, -0.05) is 47.6 Å². The molecule has 0 saturated heterocycles. The van der Waals surface area contributed by atoms with Crippen molar-refractivity contribution in [2.75, 3.05) is 0 Å². The average molecular weight is 351 g/mol.